The molecule has 2 atom stereocenters. The SMILES string of the molecule is CCC1CC(=O)[C@@H](CS)C1(C)C. The molecule has 1 aliphatic carbocycles. The Morgan fingerprint density at radius 2 is 2.17 bits per heavy atom. The monoisotopic (exact) mass is 186 g/mol. The quantitative estimate of drug-likeness (QED) is 0.656. The van der Waals surface area contributed by atoms with Crippen LogP contribution in [-0.4, -0.2) is 11.5 Å². The summed E-state index contributed by atoms with van der Waals surface area (Å²) in [5.41, 5.74) is 0.174. The maximum Gasteiger partial charge on any atom is 0.137 e. The summed E-state index contributed by atoms with van der Waals surface area (Å²) >= 11 is 4.25. The number of thiol groups is 1. The van der Waals surface area contributed by atoms with Gasteiger partial charge in [-0.15, -0.1) is 0 Å². The third-order valence-electron chi connectivity index (χ3n) is 3.46. The van der Waals surface area contributed by atoms with Crippen molar-refractivity contribution in [2.75, 3.05) is 5.75 Å². The summed E-state index contributed by atoms with van der Waals surface area (Å²) in [6.07, 6.45) is 1.89. The van der Waals surface area contributed by atoms with E-state index in [0.29, 0.717) is 17.5 Å². The molecule has 0 aromatic carbocycles. The Morgan fingerprint density at radius 3 is 2.42 bits per heavy atom. The molecule has 0 aromatic rings. The minimum Gasteiger partial charge on any atom is -0.299 e. The molecule has 1 saturated carbocycles. The highest BCUT2D eigenvalue weighted by molar-refractivity contribution is 7.80. The molecule has 0 spiro atoms. The average molecular weight is 186 g/mol. The molecule has 2 heteroatoms. The third-order valence-corrected chi connectivity index (χ3v) is 3.83. The Balaban J connectivity index is 2.83. The van der Waals surface area contributed by atoms with E-state index in [-0.39, 0.29) is 11.3 Å². The van der Waals surface area contributed by atoms with E-state index in [4.69, 9.17) is 0 Å². The lowest BCUT2D eigenvalue weighted by Crippen LogP contribution is -2.27. The van der Waals surface area contributed by atoms with Crippen molar-refractivity contribution in [3.05, 3.63) is 0 Å². The molecule has 0 aliphatic heterocycles. The molecule has 12 heavy (non-hydrogen) atoms. The van der Waals surface area contributed by atoms with Gasteiger partial charge in [-0.25, -0.2) is 0 Å². The fourth-order valence-electron chi connectivity index (χ4n) is 2.36. The maximum absolute atomic E-state index is 11.5. The molecular weight excluding hydrogens is 168 g/mol. The van der Waals surface area contributed by atoms with Gasteiger partial charge in [-0.05, 0) is 11.3 Å². The second kappa shape index (κ2) is 3.41. The summed E-state index contributed by atoms with van der Waals surface area (Å²) < 4.78 is 0. The topological polar surface area (TPSA) is 17.1 Å². The summed E-state index contributed by atoms with van der Waals surface area (Å²) in [5, 5.41) is 0. The van der Waals surface area contributed by atoms with Gasteiger partial charge in [0.2, 0.25) is 0 Å². The molecule has 1 nitrogen and oxygen atoms in total. The van der Waals surface area contributed by atoms with E-state index in [0.717, 1.165) is 12.8 Å². The van der Waals surface area contributed by atoms with Crippen LogP contribution in [0, 0.1) is 17.3 Å². The summed E-state index contributed by atoms with van der Waals surface area (Å²) in [5.74, 6) is 1.89. The van der Waals surface area contributed by atoms with Gasteiger partial charge < -0.3 is 0 Å². The second-order valence-corrected chi connectivity index (χ2v) is 4.70. The van der Waals surface area contributed by atoms with Gasteiger partial charge in [0.05, 0.1) is 0 Å². The molecule has 1 aliphatic rings. The van der Waals surface area contributed by atoms with Crippen LogP contribution >= 0.6 is 12.6 Å². The van der Waals surface area contributed by atoms with Crippen molar-refractivity contribution in [2.24, 2.45) is 17.3 Å². The third kappa shape index (κ3) is 1.41. The number of rotatable bonds is 2. The largest absolute Gasteiger partial charge is 0.299 e. The van der Waals surface area contributed by atoms with E-state index < -0.39 is 0 Å². The van der Waals surface area contributed by atoms with Crippen molar-refractivity contribution in [1.29, 1.82) is 0 Å². The van der Waals surface area contributed by atoms with Gasteiger partial charge in [-0.2, -0.15) is 12.6 Å². The van der Waals surface area contributed by atoms with Crippen LogP contribution < -0.4 is 0 Å². The van der Waals surface area contributed by atoms with E-state index >= 15 is 0 Å². The molecule has 1 fully saturated rings. The molecule has 1 unspecified atom stereocenters. The van der Waals surface area contributed by atoms with Crippen LogP contribution in [-0.2, 0) is 4.79 Å². The highest BCUT2D eigenvalue weighted by atomic mass is 32.1. The minimum absolute atomic E-state index is 0.174. The summed E-state index contributed by atoms with van der Waals surface area (Å²) in [4.78, 5) is 11.5. The maximum atomic E-state index is 11.5. The Bertz CT molecular complexity index is 186. The van der Waals surface area contributed by atoms with Crippen molar-refractivity contribution in [1.82, 2.24) is 0 Å². The fraction of sp³-hybridized carbons (Fsp3) is 0.900. The first-order chi connectivity index (χ1) is 5.54. The number of carbonyl (C=O) groups excluding carboxylic acids is 1. The predicted octanol–water partition coefficient (Wildman–Crippen LogP) is 2.56. The normalized spacial score (nSPS) is 34.2. The molecule has 70 valence electrons. The van der Waals surface area contributed by atoms with Crippen LogP contribution in [0.15, 0.2) is 0 Å². The lowest BCUT2D eigenvalue weighted by atomic mass is 9.75. The number of carbonyl (C=O) groups is 1. The zero-order valence-corrected chi connectivity index (χ0v) is 9.03. The lowest BCUT2D eigenvalue weighted by Gasteiger charge is -2.30. The van der Waals surface area contributed by atoms with Crippen molar-refractivity contribution in [3.8, 4) is 0 Å². The Morgan fingerprint density at radius 1 is 1.58 bits per heavy atom. The standard InChI is InChI=1S/C10H18OS/c1-4-7-5-9(11)8(6-12)10(7,2)3/h7-8,12H,4-6H2,1-3H3/t7?,8-/m1/s1. The van der Waals surface area contributed by atoms with Crippen molar-refractivity contribution < 1.29 is 4.79 Å². The van der Waals surface area contributed by atoms with Gasteiger partial charge >= 0.3 is 0 Å². The zero-order chi connectivity index (χ0) is 9.35. The van der Waals surface area contributed by atoms with Crippen molar-refractivity contribution >= 4 is 18.4 Å². The van der Waals surface area contributed by atoms with E-state index in [1.54, 1.807) is 0 Å². The molecule has 0 saturated heterocycles. The van der Waals surface area contributed by atoms with E-state index in [1.165, 1.54) is 0 Å². The number of hydrogen-bond acceptors (Lipinski definition) is 2. The molecule has 0 heterocycles. The lowest BCUT2D eigenvalue weighted by molar-refractivity contribution is -0.121. The van der Waals surface area contributed by atoms with Crippen LogP contribution in [0.5, 0.6) is 0 Å². The molecule has 0 radical (unpaired) electrons. The van der Waals surface area contributed by atoms with E-state index in [2.05, 4.69) is 33.4 Å². The van der Waals surface area contributed by atoms with Crippen LogP contribution in [0.1, 0.15) is 33.6 Å². The average Bonchev–Trinajstić information content (AvgIpc) is 2.21. The highest BCUT2D eigenvalue weighted by Crippen LogP contribution is 2.47. The van der Waals surface area contributed by atoms with Crippen LogP contribution in [0.2, 0.25) is 0 Å². The Kier molecular flexibility index (Phi) is 2.87. The summed E-state index contributed by atoms with van der Waals surface area (Å²) in [6.45, 7) is 6.57. The number of ketones is 1. The van der Waals surface area contributed by atoms with Gasteiger partial charge in [0.1, 0.15) is 5.78 Å². The second-order valence-electron chi connectivity index (χ2n) is 4.33. The van der Waals surface area contributed by atoms with Gasteiger partial charge in [-0.3, -0.25) is 4.79 Å². The van der Waals surface area contributed by atoms with Crippen molar-refractivity contribution in [3.63, 3.8) is 0 Å². The first-order valence-electron chi connectivity index (χ1n) is 4.67. The van der Waals surface area contributed by atoms with E-state index in [9.17, 15) is 4.79 Å². The first-order valence-corrected chi connectivity index (χ1v) is 5.30. The summed E-state index contributed by atoms with van der Waals surface area (Å²) in [7, 11) is 0. The van der Waals surface area contributed by atoms with Crippen molar-refractivity contribution in [2.45, 2.75) is 33.6 Å². The first kappa shape index (κ1) is 10.1. The van der Waals surface area contributed by atoms with Gasteiger partial charge in [0, 0.05) is 18.1 Å². The molecule has 0 aromatic heterocycles. The molecule has 0 N–H and O–H groups in total. The van der Waals surface area contributed by atoms with Gasteiger partial charge in [-0.1, -0.05) is 27.2 Å². The predicted molar refractivity (Wildman–Crippen MR) is 54.5 cm³/mol. The number of Topliss-reactive ketones (excluding diaryl/α,β-unsaturated/α-hetero) is 1. The summed E-state index contributed by atoms with van der Waals surface area (Å²) in [6, 6.07) is 0. The molecule has 0 amide bonds. The molecule has 1 rings (SSSR count). The van der Waals surface area contributed by atoms with Gasteiger partial charge in [0.15, 0.2) is 0 Å². The Hall–Kier alpha value is 0.0200. The smallest absolute Gasteiger partial charge is 0.137 e. The minimum atomic E-state index is 0.174. The number of hydrogen-bond donors (Lipinski definition) is 1. The Labute approximate surface area is 80.3 Å². The highest BCUT2D eigenvalue weighted by Gasteiger charge is 2.46. The van der Waals surface area contributed by atoms with Gasteiger partial charge in [0.25, 0.3) is 0 Å². The van der Waals surface area contributed by atoms with Crippen LogP contribution in [0.3, 0.4) is 0 Å². The van der Waals surface area contributed by atoms with Crippen LogP contribution in [0.25, 0.3) is 0 Å². The molecule has 0 bridgehead atoms. The van der Waals surface area contributed by atoms with Crippen LogP contribution in [0.4, 0.5) is 0 Å². The fourth-order valence-corrected chi connectivity index (χ4v) is 3.03. The van der Waals surface area contributed by atoms with E-state index in [1.807, 2.05) is 0 Å². The molecular formula is C10H18OS. The zero-order valence-electron chi connectivity index (χ0n) is 8.13.